The number of rotatable bonds is 6. The quantitative estimate of drug-likeness (QED) is 0.720. The second-order valence-corrected chi connectivity index (χ2v) is 8.94. The molecule has 0 aliphatic carbocycles. The van der Waals surface area contributed by atoms with Crippen molar-refractivity contribution in [2.75, 3.05) is 25.4 Å². The van der Waals surface area contributed by atoms with Crippen molar-refractivity contribution in [1.29, 1.82) is 0 Å². The Morgan fingerprint density at radius 3 is 2.44 bits per heavy atom. The Morgan fingerprint density at radius 2 is 1.85 bits per heavy atom. The highest BCUT2D eigenvalue weighted by atomic mass is 32.2. The molecule has 2 atom stereocenters. The van der Waals surface area contributed by atoms with E-state index in [2.05, 4.69) is 0 Å². The van der Waals surface area contributed by atoms with Crippen LogP contribution in [0, 0.1) is 17.5 Å². The summed E-state index contributed by atoms with van der Waals surface area (Å²) in [6.45, 7) is 3.98. The van der Waals surface area contributed by atoms with E-state index in [-0.39, 0.29) is 55.7 Å². The van der Waals surface area contributed by atoms with Crippen LogP contribution in [0.4, 0.5) is 13.2 Å². The molecule has 27 heavy (non-hydrogen) atoms. The molecule has 0 aromatic heterocycles. The minimum absolute atomic E-state index is 0.00401. The Kier molecular flexibility index (Phi) is 6.87. The second-order valence-electron chi connectivity index (χ2n) is 6.73. The van der Waals surface area contributed by atoms with E-state index in [0.717, 1.165) is 6.07 Å². The molecule has 1 aromatic carbocycles. The Bertz CT molecular complexity index is 804. The minimum atomic E-state index is -3.33. The first-order valence-corrected chi connectivity index (χ1v) is 10.3. The third kappa shape index (κ3) is 5.20. The fourth-order valence-electron chi connectivity index (χ4n) is 3.17. The van der Waals surface area contributed by atoms with Crippen molar-refractivity contribution in [2.45, 2.75) is 38.8 Å². The van der Waals surface area contributed by atoms with Gasteiger partial charge in [0.25, 0.3) is 0 Å². The summed E-state index contributed by atoms with van der Waals surface area (Å²) in [4.78, 5) is 13.9. The number of nitrogens with zero attached hydrogens (tertiary/aromatic N) is 2. The summed E-state index contributed by atoms with van der Waals surface area (Å²) in [6, 6.07) is 0.0665. The lowest BCUT2D eigenvalue weighted by Gasteiger charge is -2.39. The first-order chi connectivity index (χ1) is 12.5. The molecule has 0 bridgehead atoms. The number of hydrogen-bond acceptors (Lipinski definition) is 4. The summed E-state index contributed by atoms with van der Waals surface area (Å²) in [7, 11) is -3.33. The van der Waals surface area contributed by atoms with E-state index < -0.39 is 33.5 Å². The normalized spacial score (nSPS) is 19.9. The topological polar surface area (TPSA) is 83.7 Å². The van der Waals surface area contributed by atoms with Crippen LogP contribution in [0.1, 0.15) is 25.8 Å². The Labute approximate surface area is 157 Å². The molecule has 152 valence electrons. The number of nitrogens with two attached hydrogens (primary N) is 1. The molecule has 1 aromatic rings. The van der Waals surface area contributed by atoms with Crippen LogP contribution in [0.15, 0.2) is 12.1 Å². The second kappa shape index (κ2) is 8.57. The van der Waals surface area contributed by atoms with E-state index in [1.54, 1.807) is 13.8 Å². The third-order valence-corrected chi connectivity index (χ3v) is 6.64. The van der Waals surface area contributed by atoms with Crippen molar-refractivity contribution >= 4 is 15.9 Å². The molecule has 1 amide bonds. The maximum Gasteiger partial charge on any atom is 0.224 e. The zero-order valence-corrected chi connectivity index (χ0v) is 16.1. The number of amides is 1. The Morgan fingerprint density at radius 1 is 1.22 bits per heavy atom. The van der Waals surface area contributed by atoms with Gasteiger partial charge in [0.2, 0.25) is 15.9 Å². The molecule has 6 nitrogen and oxygen atoms in total. The van der Waals surface area contributed by atoms with Crippen LogP contribution < -0.4 is 5.73 Å². The van der Waals surface area contributed by atoms with Crippen molar-refractivity contribution in [3.05, 3.63) is 35.1 Å². The lowest BCUT2D eigenvalue weighted by molar-refractivity contribution is -0.133. The fraction of sp³-hybridized carbons (Fsp3) is 0.588. The standard InChI is InChI=1S/C17H24F3N3O3S/c1-3-27(25,26)23-5-4-22(10-11(23)2)17(24)8-13(21)6-12-7-15(19)16(20)9-14(12)18/h7,9,11,13H,3-6,8,10,21H2,1-2H3/t11-,13+/m0/s1. The zero-order valence-electron chi connectivity index (χ0n) is 15.3. The van der Waals surface area contributed by atoms with E-state index in [4.69, 9.17) is 5.73 Å². The molecule has 2 N–H and O–H groups in total. The van der Waals surface area contributed by atoms with E-state index >= 15 is 0 Å². The van der Waals surface area contributed by atoms with Gasteiger partial charge in [-0.2, -0.15) is 4.31 Å². The van der Waals surface area contributed by atoms with Crippen molar-refractivity contribution in [1.82, 2.24) is 9.21 Å². The lowest BCUT2D eigenvalue weighted by Crippen LogP contribution is -2.56. The molecule has 1 fully saturated rings. The molecule has 1 saturated heterocycles. The van der Waals surface area contributed by atoms with Gasteiger partial charge in [0.1, 0.15) is 5.82 Å². The van der Waals surface area contributed by atoms with Gasteiger partial charge in [-0.3, -0.25) is 4.79 Å². The van der Waals surface area contributed by atoms with Crippen molar-refractivity contribution in [3.8, 4) is 0 Å². The van der Waals surface area contributed by atoms with Crippen molar-refractivity contribution in [2.24, 2.45) is 5.73 Å². The largest absolute Gasteiger partial charge is 0.340 e. The van der Waals surface area contributed by atoms with Crippen LogP contribution in [-0.4, -0.2) is 61.0 Å². The SMILES string of the molecule is CCS(=O)(=O)N1CCN(C(=O)C[C@H](N)Cc2cc(F)c(F)cc2F)C[C@@H]1C. The average molecular weight is 407 g/mol. The molecule has 1 aliphatic heterocycles. The Balaban J connectivity index is 1.95. The van der Waals surface area contributed by atoms with Gasteiger partial charge < -0.3 is 10.6 Å². The van der Waals surface area contributed by atoms with Crippen molar-refractivity contribution < 1.29 is 26.4 Å². The smallest absolute Gasteiger partial charge is 0.224 e. The Hall–Kier alpha value is -1.65. The fourth-order valence-corrected chi connectivity index (χ4v) is 4.48. The summed E-state index contributed by atoms with van der Waals surface area (Å²) in [5.74, 6) is -3.66. The van der Waals surface area contributed by atoms with Gasteiger partial charge in [0, 0.05) is 44.2 Å². The summed E-state index contributed by atoms with van der Waals surface area (Å²) < 4.78 is 65.3. The van der Waals surface area contributed by atoms with Gasteiger partial charge in [-0.15, -0.1) is 0 Å². The van der Waals surface area contributed by atoms with Gasteiger partial charge in [-0.1, -0.05) is 0 Å². The molecule has 0 saturated carbocycles. The van der Waals surface area contributed by atoms with Crippen LogP contribution in [0.3, 0.4) is 0 Å². The molecule has 0 radical (unpaired) electrons. The van der Waals surface area contributed by atoms with E-state index in [1.165, 1.54) is 9.21 Å². The van der Waals surface area contributed by atoms with Gasteiger partial charge >= 0.3 is 0 Å². The lowest BCUT2D eigenvalue weighted by atomic mass is 10.0. The number of piperazine rings is 1. The van der Waals surface area contributed by atoms with Gasteiger partial charge in [0.05, 0.1) is 5.75 Å². The molecule has 10 heteroatoms. The maximum absolute atomic E-state index is 13.7. The zero-order chi connectivity index (χ0) is 20.4. The first kappa shape index (κ1) is 21.6. The number of carbonyl (C=O) groups excluding carboxylic acids is 1. The van der Waals surface area contributed by atoms with Crippen LogP contribution in [0.25, 0.3) is 0 Å². The minimum Gasteiger partial charge on any atom is -0.340 e. The van der Waals surface area contributed by atoms with E-state index in [0.29, 0.717) is 6.07 Å². The average Bonchev–Trinajstić information content (AvgIpc) is 2.59. The number of hydrogen-bond donors (Lipinski definition) is 1. The summed E-state index contributed by atoms with van der Waals surface area (Å²) in [6.07, 6.45) is -0.222. The molecule has 0 spiro atoms. The van der Waals surface area contributed by atoms with Gasteiger partial charge in [-0.05, 0) is 31.9 Å². The number of sulfonamides is 1. The number of benzene rings is 1. The van der Waals surface area contributed by atoms with E-state index in [9.17, 15) is 26.4 Å². The summed E-state index contributed by atoms with van der Waals surface area (Å²) in [5.41, 5.74) is 5.79. The van der Waals surface area contributed by atoms with E-state index in [1.807, 2.05) is 0 Å². The van der Waals surface area contributed by atoms with Gasteiger partial charge in [0.15, 0.2) is 11.6 Å². The highest BCUT2D eigenvalue weighted by molar-refractivity contribution is 7.89. The first-order valence-electron chi connectivity index (χ1n) is 8.71. The number of carbonyl (C=O) groups is 1. The molecule has 0 unspecified atom stereocenters. The predicted octanol–water partition coefficient (Wildman–Crippen LogP) is 1.25. The predicted molar refractivity (Wildman–Crippen MR) is 94.8 cm³/mol. The van der Waals surface area contributed by atoms with Crippen LogP contribution in [0.5, 0.6) is 0 Å². The molecular weight excluding hydrogens is 383 g/mol. The maximum atomic E-state index is 13.7. The van der Waals surface area contributed by atoms with Crippen molar-refractivity contribution in [3.63, 3.8) is 0 Å². The molecular formula is C17H24F3N3O3S. The highest BCUT2D eigenvalue weighted by Crippen LogP contribution is 2.18. The number of halogens is 3. The van der Waals surface area contributed by atoms with Gasteiger partial charge in [-0.25, -0.2) is 21.6 Å². The van der Waals surface area contributed by atoms with Crippen LogP contribution >= 0.6 is 0 Å². The highest BCUT2D eigenvalue weighted by Gasteiger charge is 2.33. The third-order valence-electron chi connectivity index (χ3n) is 4.65. The molecule has 1 aliphatic rings. The monoisotopic (exact) mass is 407 g/mol. The molecule has 2 rings (SSSR count). The molecule has 1 heterocycles. The van der Waals surface area contributed by atoms with Crippen LogP contribution in [-0.2, 0) is 21.2 Å². The van der Waals surface area contributed by atoms with Crippen LogP contribution in [0.2, 0.25) is 0 Å². The summed E-state index contributed by atoms with van der Waals surface area (Å²) >= 11 is 0. The summed E-state index contributed by atoms with van der Waals surface area (Å²) in [5, 5.41) is 0.